The predicted octanol–water partition coefficient (Wildman–Crippen LogP) is 16.7. The maximum absolute atomic E-state index is 13.7. The number of carbonyl (C=O) groups excluding carboxylic acids is 13. The number of carboxylic acid groups (broad SMARTS) is 3. The van der Waals surface area contributed by atoms with E-state index in [0.29, 0.717) is 107 Å². The van der Waals surface area contributed by atoms with E-state index in [1.54, 1.807) is 121 Å². The fraction of sp³-hybridized carbons (Fsp3) is 0.317. The second-order valence-electron chi connectivity index (χ2n) is 33.8. The van der Waals surface area contributed by atoms with E-state index in [4.69, 9.17) is 15.9 Å². The third-order valence-corrected chi connectivity index (χ3v) is 25.1. The van der Waals surface area contributed by atoms with Gasteiger partial charge in [0, 0.05) is 65.4 Å². The summed E-state index contributed by atoms with van der Waals surface area (Å²) in [5.41, 5.74) is 18.8. The summed E-state index contributed by atoms with van der Waals surface area (Å²) in [5.74, 6) is -8.14. The first kappa shape index (κ1) is 103. The molecular formula is C104H106Cl3N8O22P. The SMILES string of the molecule is CCCc1ccccc1.NCCC(=O)O.O=C(O)C1CCCCC1C(=O)N1CCc2ccccc2C1CCN1C(=O)c2ccccc2C1=O.O=C(O)CCN1C(=O)c2ccccc2C1=O.O=C1OC(=O)[C@@H]2CCCC[C@H]12.O=C1OC(=O)c2ccccc21.O=C1c2ccccc2C(=O)N1CCC1=NCCc2ccccc21.O=C1c2ccccc2C(=O)N1CCC1NCCc2ccccc21.O=P(Cl)(Cl)Cl.[2HH]. The maximum Gasteiger partial charge on any atom is 0.346 e. The predicted molar refractivity (Wildman–Crippen MR) is 515 cm³/mol. The number of benzene rings is 9. The van der Waals surface area contributed by atoms with Crippen LogP contribution >= 0.6 is 38.9 Å². The van der Waals surface area contributed by atoms with Crippen molar-refractivity contribution < 1.29 is 107 Å². The topological polar surface area (TPSA) is 436 Å². The number of carbonyl (C=O) groups is 16. The van der Waals surface area contributed by atoms with Gasteiger partial charge in [0.1, 0.15) is 0 Å². The van der Waals surface area contributed by atoms with E-state index in [9.17, 15) is 86.4 Å². The highest BCUT2D eigenvalue weighted by Gasteiger charge is 2.47. The summed E-state index contributed by atoms with van der Waals surface area (Å²) in [6.45, 7) is 5.58. The van der Waals surface area contributed by atoms with E-state index in [-0.39, 0.29) is 111 Å². The number of nitrogens with zero attached hydrogens (tertiary/aromatic N) is 6. The lowest BCUT2D eigenvalue weighted by Crippen LogP contribution is -2.47. The van der Waals surface area contributed by atoms with Crippen molar-refractivity contribution in [1.29, 1.82) is 0 Å². The Morgan fingerprint density at radius 2 is 0.804 bits per heavy atom. The first-order valence-electron chi connectivity index (χ1n) is 45.7. The molecule has 6 atom stereocenters. The molecule has 1 saturated heterocycles. The van der Waals surface area contributed by atoms with Gasteiger partial charge >= 0.3 is 47.0 Å². The minimum Gasteiger partial charge on any atom is -0.481 e. The summed E-state index contributed by atoms with van der Waals surface area (Å²) in [4.78, 5) is 199. The smallest absolute Gasteiger partial charge is 0.346 e. The number of nitrogens with one attached hydrogen (secondary N) is 1. The molecule has 9 amide bonds. The molecule has 20 rings (SSSR count). The van der Waals surface area contributed by atoms with Crippen molar-refractivity contribution in [3.63, 3.8) is 0 Å². The Labute approximate surface area is 812 Å². The molecule has 9 heterocycles. The average molecular weight is 1960 g/mol. The van der Waals surface area contributed by atoms with Gasteiger partial charge in [-0.2, -0.15) is 0 Å². The number of imide groups is 4. The highest BCUT2D eigenvalue weighted by atomic mass is 36.0. The van der Waals surface area contributed by atoms with Crippen LogP contribution in [0.1, 0.15) is 253 Å². The molecule has 2 saturated carbocycles. The molecule has 11 aliphatic rings. The Kier molecular flexibility index (Phi) is 36.6. The van der Waals surface area contributed by atoms with Gasteiger partial charge in [0.15, 0.2) is 0 Å². The third kappa shape index (κ3) is 26.0. The van der Waals surface area contributed by atoms with Crippen LogP contribution < -0.4 is 11.1 Å². The first-order valence-corrected chi connectivity index (χ1v) is 50.1. The summed E-state index contributed by atoms with van der Waals surface area (Å²) in [7, 11) is 0. The second kappa shape index (κ2) is 48.9. The summed E-state index contributed by atoms with van der Waals surface area (Å²) >= 11 is 13.8. The Morgan fingerprint density at radius 3 is 1.24 bits per heavy atom. The van der Waals surface area contributed by atoms with Crippen molar-refractivity contribution in [3.8, 4) is 0 Å². The van der Waals surface area contributed by atoms with Crippen LogP contribution in [-0.4, -0.2) is 193 Å². The Balaban J connectivity index is 0.000000158. The van der Waals surface area contributed by atoms with Crippen LogP contribution in [0, 0.1) is 23.7 Å². The van der Waals surface area contributed by atoms with Gasteiger partial charge in [-0.1, -0.05) is 203 Å². The van der Waals surface area contributed by atoms with Gasteiger partial charge in [-0.25, -0.2) is 9.59 Å². The van der Waals surface area contributed by atoms with Crippen LogP contribution in [0.15, 0.2) is 229 Å². The number of nitrogens with two attached hydrogens (primary N) is 1. The molecule has 30 nitrogen and oxygen atoms in total. The largest absolute Gasteiger partial charge is 0.481 e. The zero-order valence-corrected chi connectivity index (χ0v) is 78.8. The highest BCUT2D eigenvalue weighted by molar-refractivity contribution is 8.24. The number of aliphatic imine (C=N–C) groups is 1. The van der Waals surface area contributed by atoms with Gasteiger partial charge in [-0.15, -0.1) is 0 Å². The summed E-state index contributed by atoms with van der Waals surface area (Å²) in [5, 5.41) is 26.3. The number of ether oxygens (including phenoxy) is 2. The van der Waals surface area contributed by atoms with Crippen molar-refractivity contribution in [2.45, 2.75) is 135 Å². The fourth-order valence-electron chi connectivity index (χ4n) is 18.4. The van der Waals surface area contributed by atoms with E-state index < -0.39 is 58.7 Å². The van der Waals surface area contributed by atoms with Gasteiger partial charge in [-0.3, -0.25) is 96.3 Å². The number of cyclic esters (lactones) is 4. The standard InChI is InChI=1S/C27H28N2O5.C19H18N2O2.C19H16N2O2.C11H9NO4.C9H12.C8H10O3.C8H4O3.C3H7NO2.Cl3OP.H2/c30-24(21-11-5-6-12-22(21)27(33)34)28-15-13-17-7-1-2-8-18(17)23(28)14-16-29-25(31)19-9-3-4-10-20(19)26(29)32;2*22-18-15-7-3-4-8-16(15)19(23)21(18)12-10-17-14-6-2-1-5-13(14)9-11-20-17;13-9(14)5-6-12-10(15)7-3-1-2-4-8(7)11(12)16;1-2-6-9-7-4-3-5-8-9;2*9-7-5-3-1-2-4-6(5)8(10)11-7;4-2-1-3(5)6;1-5(2,3)4;/h1-4,7-10,21-23H,5-6,11-16H2,(H,33,34);1-8,17,20H,9-12H2;1-8H,9-12H2;1-4H,5-6H2,(H,13,14);3-5,7-8H,2,6H2,1H3;5-6H,1-4H2;1-4H;1-2,4H2,(H,5,6);;1H/t;;;;;5-,6+;;;;/i;;;;;;;;;1+1. The summed E-state index contributed by atoms with van der Waals surface area (Å²) in [6, 6.07) is 68.9. The maximum atomic E-state index is 13.7. The number of hydrogen-bond donors (Lipinski definition) is 5. The van der Waals surface area contributed by atoms with Crippen LogP contribution in [0.4, 0.5) is 0 Å². The first-order chi connectivity index (χ1) is 66.4. The minimum atomic E-state index is -3.22. The molecule has 9 aromatic rings. The molecule has 2 aliphatic carbocycles. The zero-order valence-electron chi connectivity index (χ0n) is 75.7. The molecule has 3 fully saturated rings. The number of esters is 4. The van der Waals surface area contributed by atoms with Crippen molar-refractivity contribution in [3.05, 3.63) is 319 Å². The van der Waals surface area contributed by atoms with E-state index in [2.05, 4.69) is 121 Å². The van der Waals surface area contributed by atoms with Crippen LogP contribution in [0.3, 0.4) is 0 Å². The highest BCUT2D eigenvalue weighted by Crippen LogP contribution is 2.61. The van der Waals surface area contributed by atoms with Gasteiger partial charge in [0.25, 0.3) is 47.3 Å². The molecule has 4 unspecified atom stereocenters. The Bertz CT molecular complexity index is 6010. The number of fused-ring (bicyclic) bond motifs is 9. The van der Waals surface area contributed by atoms with Gasteiger partial charge in [0.2, 0.25) is 5.91 Å². The van der Waals surface area contributed by atoms with Crippen LogP contribution in [0.5, 0.6) is 0 Å². The molecule has 0 bridgehead atoms. The number of aryl methyl sites for hydroxylation is 1. The number of aliphatic carboxylic acids is 3. The van der Waals surface area contributed by atoms with Gasteiger partial charge in [0.05, 0.1) is 98.2 Å². The Morgan fingerprint density at radius 1 is 0.428 bits per heavy atom. The van der Waals surface area contributed by atoms with Crippen molar-refractivity contribution in [2.24, 2.45) is 34.4 Å². The third-order valence-electron chi connectivity index (χ3n) is 25.1. The van der Waals surface area contributed by atoms with E-state index in [1.807, 2.05) is 47.4 Å². The minimum absolute atomic E-state index is 0. The number of rotatable bonds is 18. The zero-order chi connectivity index (χ0) is 98.9. The average Bonchev–Trinajstić information content (AvgIpc) is 1.77. The molecule has 9 aliphatic heterocycles. The molecule has 9 aromatic carbocycles. The summed E-state index contributed by atoms with van der Waals surface area (Å²) in [6.07, 6.45) is 13.3. The van der Waals surface area contributed by atoms with Crippen LogP contribution in [-0.2, 0) is 68.5 Å². The molecule has 0 aromatic heterocycles. The molecule has 0 radical (unpaired) electrons. The molecule has 0 spiro atoms. The number of hydrogen-bond acceptors (Lipinski definition) is 22. The molecule has 34 heteroatoms. The number of carboxylic acids is 3. The monoisotopic (exact) mass is 1960 g/mol. The van der Waals surface area contributed by atoms with E-state index in [0.717, 1.165) is 98.2 Å². The lowest BCUT2D eigenvalue weighted by Gasteiger charge is -2.41. The fourth-order valence-corrected chi connectivity index (χ4v) is 18.4. The van der Waals surface area contributed by atoms with E-state index >= 15 is 0 Å². The van der Waals surface area contributed by atoms with Crippen LogP contribution in [0.25, 0.3) is 0 Å². The van der Waals surface area contributed by atoms with Crippen LogP contribution in [0.2, 0.25) is 0 Å². The van der Waals surface area contributed by atoms with Gasteiger partial charge < -0.3 is 40.7 Å². The number of halogens is 3. The lowest BCUT2D eigenvalue weighted by molar-refractivity contribution is -0.154. The lowest BCUT2D eigenvalue weighted by atomic mass is 9.77. The molecule has 720 valence electrons. The Hall–Kier alpha value is -13.6. The number of amides is 9. The second-order valence-corrected chi connectivity index (χ2v) is 40.4. The molecular weight excluding hydrogens is 1850 g/mol. The molecule has 138 heavy (non-hydrogen) atoms. The summed E-state index contributed by atoms with van der Waals surface area (Å²) < 4.78 is 18.4. The quantitative estimate of drug-likeness (QED) is 0.0230. The van der Waals surface area contributed by atoms with Crippen molar-refractivity contribution in [1.82, 2.24) is 29.8 Å². The van der Waals surface area contributed by atoms with E-state index in [1.165, 1.54) is 49.8 Å². The van der Waals surface area contributed by atoms with Gasteiger partial charge in [-0.05, 0) is 204 Å². The normalized spacial score (nSPS) is 19.0. The van der Waals surface area contributed by atoms with Crippen molar-refractivity contribution >= 4 is 140 Å². The van der Waals surface area contributed by atoms with Crippen molar-refractivity contribution in [2.75, 3.05) is 52.4 Å². The molecule has 6 N–H and O–H groups in total.